The number of rotatable bonds is 8. The molecular weight excluding hydrogens is 354 g/mol. The average molecular weight is 375 g/mol. The van der Waals surface area contributed by atoms with E-state index >= 15 is 0 Å². The summed E-state index contributed by atoms with van der Waals surface area (Å²) in [6.45, 7) is 3.46. The van der Waals surface area contributed by atoms with E-state index in [1.165, 1.54) is 27.2 Å². The van der Waals surface area contributed by atoms with Gasteiger partial charge in [-0.05, 0) is 26.0 Å². The molecule has 1 heterocycles. The lowest BCUT2D eigenvalue weighted by Crippen LogP contribution is -2.39. The molecule has 0 saturated carbocycles. The van der Waals surface area contributed by atoms with Gasteiger partial charge in [-0.1, -0.05) is 12.1 Å². The zero-order valence-corrected chi connectivity index (χ0v) is 15.5. The number of para-hydroxylation sites is 1. The van der Waals surface area contributed by atoms with E-state index in [9.17, 15) is 9.59 Å². The van der Waals surface area contributed by atoms with Crippen LogP contribution in [0.25, 0.3) is 0 Å². The highest BCUT2D eigenvalue weighted by atomic mass is 16.5. The molecule has 0 aliphatic carbocycles. The van der Waals surface area contributed by atoms with Crippen LogP contribution < -0.4 is 19.5 Å². The van der Waals surface area contributed by atoms with Crippen molar-refractivity contribution < 1.29 is 28.5 Å². The van der Waals surface area contributed by atoms with Gasteiger partial charge in [0.15, 0.2) is 0 Å². The molecule has 0 spiro atoms. The van der Waals surface area contributed by atoms with Gasteiger partial charge in [-0.25, -0.2) is 4.79 Å². The summed E-state index contributed by atoms with van der Waals surface area (Å²) >= 11 is 0. The Morgan fingerprint density at radius 2 is 1.74 bits per heavy atom. The van der Waals surface area contributed by atoms with Crippen molar-refractivity contribution in [2.75, 3.05) is 20.8 Å². The number of aromatic nitrogens is 2. The average Bonchev–Trinajstić information content (AvgIpc) is 2.68. The molecule has 0 bridgehead atoms. The Labute approximate surface area is 156 Å². The van der Waals surface area contributed by atoms with E-state index in [1.54, 1.807) is 31.2 Å². The monoisotopic (exact) mass is 375 g/mol. The number of ether oxygens (including phenoxy) is 4. The van der Waals surface area contributed by atoms with Crippen molar-refractivity contribution in [3.05, 3.63) is 35.9 Å². The van der Waals surface area contributed by atoms with Crippen molar-refractivity contribution >= 4 is 11.9 Å². The summed E-state index contributed by atoms with van der Waals surface area (Å²) in [6, 6.07) is 7.14. The van der Waals surface area contributed by atoms with Crippen LogP contribution in [0.2, 0.25) is 0 Å². The number of hydrogen-bond acceptors (Lipinski definition) is 8. The summed E-state index contributed by atoms with van der Waals surface area (Å²) in [5.74, 6) is -0.322. The minimum absolute atomic E-state index is 0.0510. The highest BCUT2D eigenvalue weighted by Gasteiger charge is 2.20. The Hall–Kier alpha value is -3.36. The maximum atomic E-state index is 12.5. The second kappa shape index (κ2) is 9.37. The first kappa shape index (κ1) is 20.0. The van der Waals surface area contributed by atoms with Gasteiger partial charge in [-0.15, -0.1) is 0 Å². The molecule has 2 aromatic rings. The van der Waals surface area contributed by atoms with Gasteiger partial charge >= 0.3 is 12.0 Å². The molecule has 0 aliphatic rings. The molecule has 9 heteroatoms. The quantitative estimate of drug-likeness (QED) is 0.698. The van der Waals surface area contributed by atoms with Crippen molar-refractivity contribution in [1.82, 2.24) is 15.3 Å². The third-order valence-corrected chi connectivity index (χ3v) is 3.40. The van der Waals surface area contributed by atoms with Crippen LogP contribution in [0.4, 0.5) is 0 Å². The summed E-state index contributed by atoms with van der Waals surface area (Å²) in [6.07, 6.45) is 0. The van der Waals surface area contributed by atoms with Crippen LogP contribution in [-0.2, 0) is 9.53 Å². The van der Waals surface area contributed by atoms with Gasteiger partial charge in [0.25, 0.3) is 5.91 Å². The standard InChI is InChI=1S/C18H21N3O6/c1-5-26-17(23)11(2)19-16(22)12-8-6-7-9-13(12)27-18-20-14(24-3)10-15(21-18)25-4/h6-11H,5H2,1-4H3,(H,19,22)/t11-/m0/s1. The lowest BCUT2D eigenvalue weighted by Gasteiger charge is -2.14. The van der Waals surface area contributed by atoms with Crippen molar-refractivity contribution in [2.45, 2.75) is 19.9 Å². The molecule has 9 nitrogen and oxygen atoms in total. The Morgan fingerprint density at radius 1 is 1.11 bits per heavy atom. The minimum Gasteiger partial charge on any atom is -0.481 e. The van der Waals surface area contributed by atoms with Gasteiger partial charge in [0.2, 0.25) is 11.8 Å². The maximum Gasteiger partial charge on any atom is 0.328 e. The number of carbonyl (C=O) groups is 2. The number of nitrogens with zero attached hydrogens (tertiary/aromatic N) is 2. The van der Waals surface area contributed by atoms with E-state index < -0.39 is 17.9 Å². The van der Waals surface area contributed by atoms with Gasteiger partial charge in [-0.2, -0.15) is 9.97 Å². The third kappa shape index (κ3) is 5.30. The SMILES string of the molecule is CCOC(=O)[C@H](C)NC(=O)c1ccccc1Oc1nc(OC)cc(OC)n1. The number of nitrogens with one attached hydrogen (secondary N) is 1. The fraction of sp³-hybridized carbons (Fsp3) is 0.333. The molecule has 0 fully saturated rings. The summed E-state index contributed by atoms with van der Waals surface area (Å²) in [7, 11) is 2.90. The first-order valence-electron chi connectivity index (χ1n) is 8.19. The predicted octanol–water partition coefficient (Wildman–Crippen LogP) is 1.97. The lowest BCUT2D eigenvalue weighted by atomic mass is 10.1. The van der Waals surface area contributed by atoms with E-state index in [1.807, 2.05) is 0 Å². The van der Waals surface area contributed by atoms with E-state index in [4.69, 9.17) is 18.9 Å². The Balaban J connectivity index is 2.23. The zero-order valence-electron chi connectivity index (χ0n) is 15.5. The highest BCUT2D eigenvalue weighted by Crippen LogP contribution is 2.26. The molecule has 0 aliphatic heterocycles. The number of amides is 1. The predicted molar refractivity (Wildman–Crippen MR) is 95.2 cm³/mol. The molecule has 2 rings (SSSR count). The topological polar surface area (TPSA) is 109 Å². The fourth-order valence-electron chi connectivity index (χ4n) is 2.08. The summed E-state index contributed by atoms with van der Waals surface area (Å²) in [4.78, 5) is 32.4. The van der Waals surface area contributed by atoms with Crippen molar-refractivity contribution in [1.29, 1.82) is 0 Å². The van der Waals surface area contributed by atoms with Crippen LogP contribution in [0.1, 0.15) is 24.2 Å². The Morgan fingerprint density at radius 3 is 2.33 bits per heavy atom. The molecule has 0 radical (unpaired) electrons. The molecular formula is C18H21N3O6. The molecule has 0 saturated heterocycles. The first-order valence-corrected chi connectivity index (χ1v) is 8.19. The van der Waals surface area contributed by atoms with Crippen LogP contribution in [0.3, 0.4) is 0 Å². The molecule has 1 aromatic carbocycles. The van der Waals surface area contributed by atoms with Gasteiger partial charge in [-0.3, -0.25) is 4.79 Å². The van der Waals surface area contributed by atoms with Crippen LogP contribution in [0.15, 0.2) is 30.3 Å². The molecule has 27 heavy (non-hydrogen) atoms. The van der Waals surface area contributed by atoms with E-state index in [-0.39, 0.29) is 35.7 Å². The highest BCUT2D eigenvalue weighted by molar-refractivity contribution is 5.99. The van der Waals surface area contributed by atoms with Gasteiger partial charge in [0, 0.05) is 0 Å². The zero-order chi connectivity index (χ0) is 19.8. The second-order valence-corrected chi connectivity index (χ2v) is 5.28. The number of esters is 1. The van der Waals surface area contributed by atoms with E-state index in [0.29, 0.717) is 0 Å². The van der Waals surface area contributed by atoms with Crippen LogP contribution in [-0.4, -0.2) is 48.7 Å². The van der Waals surface area contributed by atoms with Gasteiger partial charge < -0.3 is 24.3 Å². The lowest BCUT2D eigenvalue weighted by molar-refractivity contribution is -0.144. The Bertz CT molecular complexity index is 789. The summed E-state index contributed by atoms with van der Waals surface area (Å²) in [5.41, 5.74) is 0.207. The molecule has 1 amide bonds. The summed E-state index contributed by atoms with van der Waals surface area (Å²) in [5, 5.41) is 2.57. The molecule has 1 N–H and O–H groups in total. The van der Waals surface area contributed by atoms with E-state index in [0.717, 1.165) is 0 Å². The third-order valence-electron chi connectivity index (χ3n) is 3.40. The number of methoxy groups -OCH3 is 2. The Kier molecular flexibility index (Phi) is 6.93. The smallest absolute Gasteiger partial charge is 0.328 e. The van der Waals surface area contributed by atoms with Crippen LogP contribution in [0, 0.1) is 0 Å². The largest absolute Gasteiger partial charge is 0.481 e. The normalized spacial score (nSPS) is 11.3. The number of benzene rings is 1. The fourth-order valence-corrected chi connectivity index (χ4v) is 2.08. The van der Waals surface area contributed by atoms with Crippen LogP contribution in [0.5, 0.6) is 23.5 Å². The van der Waals surface area contributed by atoms with Gasteiger partial charge in [0.05, 0.1) is 32.5 Å². The maximum absolute atomic E-state index is 12.5. The number of hydrogen-bond donors (Lipinski definition) is 1. The first-order chi connectivity index (χ1) is 13.0. The van der Waals surface area contributed by atoms with Crippen molar-refractivity contribution in [2.24, 2.45) is 0 Å². The summed E-state index contributed by atoms with van der Waals surface area (Å²) < 4.78 is 20.7. The number of carbonyl (C=O) groups excluding carboxylic acids is 2. The van der Waals surface area contributed by atoms with Gasteiger partial charge in [0.1, 0.15) is 11.8 Å². The van der Waals surface area contributed by atoms with E-state index in [2.05, 4.69) is 15.3 Å². The van der Waals surface area contributed by atoms with Crippen molar-refractivity contribution in [3.63, 3.8) is 0 Å². The minimum atomic E-state index is -0.807. The molecule has 144 valence electrons. The molecule has 0 unspecified atom stereocenters. The second-order valence-electron chi connectivity index (χ2n) is 5.28. The van der Waals surface area contributed by atoms with Crippen molar-refractivity contribution in [3.8, 4) is 23.5 Å². The van der Waals surface area contributed by atoms with Crippen LogP contribution >= 0.6 is 0 Å². The molecule has 1 aromatic heterocycles. The molecule has 1 atom stereocenters.